The summed E-state index contributed by atoms with van der Waals surface area (Å²) in [6.07, 6.45) is 0. The Morgan fingerprint density at radius 1 is 1.50 bits per heavy atom. The van der Waals surface area contributed by atoms with E-state index >= 15 is 0 Å². The Hall–Kier alpha value is -0.770. The molecular formula is C9H10Cl2N2O. The first kappa shape index (κ1) is 11.3. The first-order valence-corrected chi connectivity index (χ1v) is 4.74. The normalized spacial score (nSPS) is 12.5. The predicted molar refractivity (Wildman–Crippen MR) is 57.5 cm³/mol. The summed E-state index contributed by atoms with van der Waals surface area (Å²) in [5.41, 5.74) is 5.79. The Labute approximate surface area is 92.2 Å². The lowest BCUT2D eigenvalue weighted by molar-refractivity contribution is -0.120. The van der Waals surface area contributed by atoms with Gasteiger partial charge in [-0.05, 0) is 18.7 Å². The minimum atomic E-state index is -0.610. The van der Waals surface area contributed by atoms with E-state index in [0.29, 0.717) is 15.6 Å². The van der Waals surface area contributed by atoms with Crippen LogP contribution in [0.3, 0.4) is 0 Å². The van der Waals surface area contributed by atoms with Crippen LogP contribution in [0.25, 0.3) is 0 Å². The summed E-state index contributed by atoms with van der Waals surface area (Å²) in [5.74, 6) is -0.489. The number of likely N-dealkylation sites (N-methyl/N-ethyl adjacent to an activating group) is 1. The summed E-state index contributed by atoms with van der Waals surface area (Å²) in [6.45, 7) is 0. The van der Waals surface area contributed by atoms with Crippen molar-refractivity contribution in [2.45, 2.75) is 6.04 Å². The topological polar surface area (TPSA) is 55.1 Å². The van der Waals surface area contributed by atoms with Gasteiger partial charge in [-0.1, -0.05) is 35.3 Å². The van der Waals surface area contributed by atoms with E-state index in [1.807, 2.05) is 0 Å². The minimum absolute atomic E-state index is 0.354. The third-order valence-corrected chi connectivity index (χ3v) is 2.70. The van der Waals surface area contributed by atoms with Gasteiger partial charge in [0.2, 0.25) is 5.91 Å². The van der Waals surface area contributed by atoms with E-state index in [1.54, 1.807) is 25.2 Å². The molecule has 0 saturated carbocycles. The second-order valence-corrected chi connectivity index (χ2v) is 3.55. The van der Waals surface area contributed by atoms with Crippen LogP contribution < -0.4 is 11.1 Å². The molecule has 1 aromatic rings. The highest BCUT2D eigenvalue weighted by Crippen LogP contribution is 2.29. The lowest BCUT2D eigenvalue weighted by Crippen LogP contribution is -2.31. The van der Waals surface area contributed by atoms with Gasteiger partial charge in [0.25, 0.3) is 0 Å². The molecule has 0 fully saturated rings. The fourth-order valence-corrected chi connectivity index (χ4v) is 1.61. The maximum Gasteiger partial charge on any atom is 0.239 e. The maximum absolute atomic E-state index is 11.1. The van der Waals surface area contributed by atoms with Gasteiger partial charge in [0.05, 0.1) is 10.0 Å². The second-order valence-electron chi connectivity index (χ2n) is 2.77. The van der Waals surface area contributed by atoms with Crippen LogP contribution in [-0.4, -0.2) is 13.0 Å². The molecule has 14 heavy (non-hydrogen) atoms. The molecule has 3 nitrogen and oxygen atoms in total. The fraction of sp³-hybridized carbons (Fsp3) is 0.222. The predicted octanol–water partition coefficient (Wildman–Crippen LogP) is 1.74. The van der Waals surface area contributed by atoms with Gasteiger partial charge in [-0.25, -0.2) is 0 Å². The van der Waals surface area contributed by atoms with Crippen LogP contribution in [0.5, 0.6) is 0 Å². The third-order valence-electron chi connectivity index (χ3n) is 1.87. The van der Waals surface area contributed by atoms with Crippen LogP contribution in [0.2, 0.25) is 10.0 Å². The van der Waals surface area contributed by atoms with Gasteiger partial charge in [0, 0.05) is 0 Å². The summed E-state index contributed by atoms with van der Waals surface area (Å²) < 4.78 is 0. The number of carbonyl (C=O) groups excluding carboxylic acids is 1. The molecule has 0 spiro atoms. The van der Waals surface area contributed by atoms with Crippen molar-refractivity contribution in [1.29, 1.82) is 0 Å². The van der Waals surface area contributed by atoms with Crippen LogP contribution in [0.1, 0.15) is 11.6 Å². The minimum Gasteiger partial charge on any atom is -0.368 e. The molecule has 76 valence electrons. The molecule has 1 aromatic carbocycles. The van der Waals surface area contributed by atoms with E-state index in [9.17, 15) is 4.79 Å². The van der Waals surface area contributed by atoms with Crippen molar-refractivity contribution in [2.75, 3.05) is 7.05 Å². The lowest BCUT2D eigenvalue weighted by atomic mass is 10.1. The summed E-state index contributed by atoms with van der Waals surface area (Å²) in [7, 11) is 1.63. The molecule has 0 aliphatic carbocycles. The van der Waals surface area contributed by atoms with Gasteiger partial charge in [0.1, 0.15) is 6.04 Å². The zero-order chi connectivity index (χ0) is 10.7. The molecule has 0 heterocycles. The number of hydrogen-bond donors (Lipinski definition) is 2. The zero-order valence-electron chi connectivity index (χ0n) is 7.55. The number of primary amides is 1. The smallest absolute Gasteiger partial charge is 0.239 e. The number of amides is 1. The van der Waals surface area contributed by atoms with Crippen molar-refractivity contribution in [3.8, 4) is 0 Å². The van der Waals surface area contributed by atoms with Crippen molar-refractivity contribution in [3.63, 3.8) is 0 Å². The highest BCUT2D eigenvalue weighted by molar-refractivity contribution is 6.42. The molecule has 3 N–H and O–H groups in total. The summed E-state index contributed by atoms with van der Waals surface area (Å²) in [6, 6.07) is 4.47. The molecule has 0 bridgehead atoms. The Bertz CT molecular complexity index is 355. The first-order valence-electron chi connectivity index (χ1n) is 3.98. The standard InChI is InChI=1S/C9H10Cl2N2O/c1-13-8(9(12)14)5-3-2-4-6(10)7(5)11/h2-4,8,13H,1H3,(H2,12,14)/t8-/m1/s1. The monoisotopic (exact) mass is 232 g/mol. The van der Waals surface area contributed by atoms with Crippen molar-refractivity contribution in [1.82, 2.24) is 5.32 Å². The van der Waals surface area contributed by atoms with Gasteiger partial charge in [-0.15, -0.1) is 0 Å². The van der Waals surface area contributed by atoms with Gasteiger partial charge < -0.3 is 11.1 Å². The molecule has 0 aliphatic heterocycles. The van der Waals surface area contributed by atoms with Crippen LogP contribution in [0.15, 0.2) is 18.2 Å². The van der Waals surface area contributed by atoms with Crippen LogP contribution in [0, 0.1) is 0 Å². The summed E-state index contributed by atoms with van der Waals surface area (Å²) in [5, 5.41) is 3.53. The fourth-order valence-electron chi connectivity index (χ4n) is 1.19. The van der Waals surface area contributed by atoms with Gasteiger partial charge in [-0.3, -0.25) is 4.79 Å². The van der Waals surface area contributed by atoms with E-state index in [0.717, 1.165) is 0 Å². The van der Waals surface area contributed by atoms with Gasteiger partial charge in [0.15, 0.2) is 0 Å². The first-order chi connectivity index (χ1) is 6.57. The van der Waals surface area contributed by atoms with E-state index < -0.39 is 11.9 Å². The molecule has 0 unspecified atom stereocenters. The number of carbonyl (C=O) groups is 1. The summed E-state index contributed by atoms with van der Waals surface area (Å²) >= 11 is 11.7. The number of rotatable bonds is 3. The summed E-state index contributed by atoms with van der Waals surface area (Å²) in [4.78, 5) is 11.1. The molecule has 0 radical (unpaired) electrons. The van der Waals surface area contributed by atoms with Gasteiger partial charge >= 0.3 is 0 Å². The molecule has 1 atom stereocenters. The maximum atomic E-state index is 11.1. The van der Waals surface area contributed by atoms with Crippen LogP contribution in [0.4, 0.5) is 0 Å². The van der Waals surface area contributed by atoms with Crippen molar-refractivity contribution < 1.29 is 4.79 Å². The van der Waals surface area contributed by atoms with E-state index in [1.165, 1.54) is 0 Å². The quantitative estimate of drug-likeness (QED) is 0.835. The molecular weight excluding hydrogens is 223 g/mol. The Kier molecular flexibility index (Phi) is 3.75. The van der Waals surface area contributed by atoms with E-state index in [2.05, 4.69) is 5.32 Å². The lowest BCUT2D eigenvalue weighted by Gasteiger charge is -2.14. The average Bonchev–Trinajstić information content (AvgIpc) is 2.13. The molecule has 0 aliphatic rings. The van der Waals surface area contributed by atoms with Crippen molar-refractivity contribution in [2.24, 2.45) is 5.73 Å². The van der Waals surface area contributed by atoms with Gasteiger partial charge in [-0.2, -0.15) is 0 Å². The number of nitrogens with two attached hydrogens (primary N) is 1. The SMILES string of the molecule is CN[C@@H](C(N)=O)c1cccc(Cl)c1Cl. The van der Waals surface area contributed by atoms with Crippen molar-refractivity contribution >= 4 is 29.1 Å². The van der Waals surface area contributed by atoms with E-state index in [-0.39, 0.29) is 0 Å². The average molecular weight is 233 g/mol. The second kappa shape index (κ2) is 4.64. The number of halogens is 2. The molecule has 1 amide bonds. The molecule has 1 rings (SSSR count). The molecule has 5 heteroatoms. The van der Waals surface area contributed by atoms with E-state index in [4.69, 9.17) is 28.9 Å². The van der Waals surface area contributed by atoms with Crippen LogP contribution >= 0.6 is 23.2 Å². The zero-order valence-corrected chi connectivity index (χ0v) is 9.06. The Balaban J connectivity index is 3.16. The molecule has 0 saturated heterocycles. The highest BCUT2D eigenvalue weighted by Gasteiger charge is 2.19. The largest absolute Gasteiger partial charge is 0.368 e. The Morgan fingerprint density at radius 2 is 2.14 bits per heavy atom. The Morgan fingerprint density at radius 3 is 2.64 bits per heavy atom. The number of nitrogens with one attached hydrogen (secondary N) is 1. The van der Waals surface area contributed by atoms with Crippen LogP contribution in [-0.2, 0) is 4.79 Å². The number of benzene rings is 1. The number of hydrogen-bond acceptors (Lipinski definition) is 2. The third kappa shape index (κ3) is 2.18. The highest BCUT2D eigenvalue weighted by atomic mass is 35.5. The molecule has 0 aromatic heterocycles. The van der Waals surface area contributed by atoms with Crippen molar-refractivity contribution in [3.05, 3.63) is 33.8 Å².